The molecule has 16 heavy (non-hydrogen) atoms. The van der Waals surface area contributed by atoms with Gasteiger partial charge in [0, 0.05) is 18.8 Å². The third kappa shape index (κ3) is 1.39. The molecule has 2 aliphatic heterocycles. The summed E-state index contributed by atoms with van der Waals surface area (Å²) in [7, 11) is 0. The molecule has 1 N–H and O–H groups in total. The zero-order chi connectivity index (χ0) is 11.1. The lowest BCUT2D eigenvalue weighted by Gasteiger charge is -2.41. The Morgan fingerprint density at radius 2 is 2.31 bits per heavy atom. The lowest BCUT2D eigenvalue weighted by Crippen LogP contribution is -2.57. The van der Waals surface area contributed by atoms with E-state index in [4.69, 9.17) is 0 Å². The summed E-state index contributed by atoms with van der Waals surface area (Å²) >= 11 is 0. The summed E-state index contributed by atoms with van der Waals surface area (Å²) in [5.74, 6) is 0.193. The fraction of sp³-hybridized carbons (Fsp3) is 0.462. The minimum atomic E-state index is 0.0584. The van der Waals surface area contributed by atoms with Crippen LogP contribution in [-0.4, -0.2) is 25.0 Å². The van der Waals surface area contributed by atoms with Gasteiger partial charge in [-0.25, -0.2) is 0 Å². The monoisotopic (exact) mass is 216 g/mol. The van der Waals surface area contributed by atoms with Crippen molar-refractivity contribution in [3.05, 3.63) is 29.3 Å². The number of nitrogens with zero attached hydrogens (tertiary/aromatic N) is 1. The lowest BCUT2D eigenvalue weighted by molar-refractivity contribution is -0.123. The van der Waals surface area contributed by atoms with Crippen LogP contribution >= 0.6 is 0 Å². The summed E-state index contributed by atoms with van der Waals surface area (Å²) in [6.45, 7) is 3.81. The molecule has 0 bridgehead atoms. The summed E-state index contributed by atoms with van der Waals surface area (Å²) < 4.78 is 0. The standard InChI is InChI=1S/C13H16N2O/c1-9-2-3-10-4-5-11-13(16)14-6-7-15(11)12(10)8-9/h2-3,8,11H,4-7H2,1H3,(H,14,16). The van der Waals surface area contributed by atoms with E-state index in [-0.39, 0.29) is 11.9 Å². The van der Waals surface area contributed by atoms with Crippen molar-refractivity contribution in [3.63, 3.8) is 0 Å². The molecule has 1 fully saturated rings. The molecule has 1 atom stereocenters. The first-order chi connectivity index (χ1) is 7.75. The topological polar surface area (TPSA) is 32.3 Å². The Bertz CT molecular complexity index is 442. The molecule has 0 spiro atoms. The van der Waals surface area contributed by atoms with Gasteiger partial charge in [0.15, 0.2) is 0 Å². The molecular formula is C13H16N2O. The first-order valence-corrected chi connectivity index (χ1v) is 5.89. The second-order valence-corrected chi connectivity index (χ2v) is 4.67. The van der Waals surface area contributed by atoms with Gasteiger partial charge in [0.05, 0.1) is 0 Å². The van der Waals surface area contributed by atoms with E-state index >= 15 is 0 Å². The maximum atomic E-state index is 11.8. The highest BCUT2D eigenvalue weighted by atomic mass is 16.2. The molecule has 2 aliphatic rings. The lowest BCUT2D eigenvalue weighted by atomic mass is 9.93. The Hall–Kier alpha value is -1.51. The summed E-state index contributed by atoms with van der Waals surface area (Å²) in [5.41, 5.74) is 3.92. The van der Waals surface area contributed by atoms with E-state index in [2.05, 4.69) is 35.3 Å². The minimum absolute atomic E-state index is 0.0584. The molecule has 1 unspecified atom stereocenters. The number of anilines is 1. The predicted molar refractivity (Wildman–Crippen MR) is 63.6 cm³/mol. The van der Waals surface area contributed by atoms with E-state index in [1.807, 2.05) is 0 Å². The first-order valence-electron chi connectivity index (χ1n) is 5.89. The van der Waals surface area contributed by atoms with Gasteiger partial charge in [-0.1, -0.05) is 12.1 Å². The van der Waals surface area contributed by atoms with Crippen LogP contribution in [0.2, 0.25) is 0 Å². The molecule has 3 heteroatoms. The highest BCUT2D eigenvalue weighted by molar-refractivity contribution is 5.87. The van der Waals surface area contributed by atoms with Crippen LogP contribution in [0.4, 0.5) is 5.69 Å². The Labute approximate surface area is 95.4 Å². The van der Waals surface area contributed by atoms with E-state index in [9.17, 15) is 4.79 Å². The number of piperazine rings is 1. The zero-order valence-electron chi connectivity index (χ0n) is 9.49. The summed E-state index contributed by atoms with van der Waals surface area (Å²) in [5, 5.41) is 2.95. The highest BCUT2D eigenvalue weighted by Gasteiger charge is 2.33. The van der Waals surface area contributed by atoms with Gasteiger partial charge in [-0.3, -0.25) is 4.79 Å². The molecule has 1 aromatic rings. The third-order valence-corrected chi connectivity index (χ3v) is 3.57. The smallest absolute Gasteiger partial charge is 0.242 e. The van der Waals surface area contributed by atoms with Crippen molar-refractivity contribution in [2.24, 2.45) is 0 Å². The molecule has 1 saturated heterocycles. The van der Waals surface area contributed by atoms with Crippen molar-refractivity contribution in [1.82, 2.24) is 5.32 Å². The highest BCUT2D eigenvalue weighted by Crippen LogP contribution is 2.32. The second kappa shape index (κ2) is 3.51. The Morgan fingerprint density at radius 3 is 3.19 bits per heavy atom. The van der Waals surface area contributed by atoms with Crippen LogP contribution in [0, 0.1) is 6.92 Å². The summed E-state index contributed by atoms with van der Waals surface area (Å²) in [6.07, 6.45) is 1.96. The molecule has 84 valence electrons. The number of aryl methyl sites for hydroxylation is 2. The molecule has 1 aromatic carbocycles. The van der Waals surface area contributed by atoms with E-state index in [1.165, 1.54) is 16.8 Å². The van der Waals surface area contributed by atoms with Gasteiger partial charge in [0.1, 0.15) is 6.04 Å². The van der Waals surface area contributed by atoms with E-state index < -0.39 is 0 Å². The van der Waals surface area contributed by atoms with E-state index in [0.29, 0.717) is 0 Å². The van der Waals surface area contributed by atoms with Crippen molar-refractivity contribution < 1.29 is 4.79 Å². The number of hydrogen-bond acceptors (Lipinski definition) is 2. The largest absolute Gasteiger partial charge is 0.358 e. The van der Waals surface area contributed by atoms with Gasteiger partial charge in [-0.05, 0) is 37.0 Å². The summed E-state index contributed by atoms with van der Waals surface area (Å²) in [6, 6.07) is 6.62. The van der Waals surface area contributed by atoms with Gasteiger partial charge in [0.25, 0.3) is 0 Å². The number of benzene rings is 1. The fourth-order valence-electron chi connectivity index (χ4n) is 2.73. The molecule has 0 aromatic heterocycles. The Balaban J connectivity index is 2.04. The quantitative estimate of drug-likeness (QED) is 0.708. The van der Waals surface area contributed by atoms with E-state index in [1.54, 1.807) is 0 Å². The molecule has 1 amide bonds. The average Bonchev–Trinajstić information content (AvgIpc) is 2.29. The minimum Gasteiger partial charge on any atom is -0.358 e. The number of hydrogen-bond donors (Lipinski definition) is 1. The Morgan fingerprint density at radius 1 is 1.44 bits per heavy atom. The van der Waals surface area contributed by atoms with Gasteiger partial charge in [-0.15, -0.1) is 0 Å². The van der Waals surface area contributed by atoms with Crippen LogP contribution in [0.5, 0.6) is 0 Å². The average molecular weight is 216 g/mol. The molecule has 2 heterocycles. The molecule has 0 saturated carbocycles. The van der Waals surface area contributed by atoms with Crippen LogP contribution in [0.25, 0.3) is 0 Å². The third-order valence-electron chi connectivity index (χ3n) is 3.57. The van der Waals surface area contributed by atoms with Crippen molar-refractivity contribution in [3.8, 4) is 0 Å². The molecule has 0 aliphatic carbocycles. The molecule has 3 rings (SSSR count). The van der Waals surface area contributed by atoms with Gasteiger partial charge >= 0.3 is 0 Å². The maximum absolute atomic E-state index is 11.8. The molecule has 3 nitrogen and oxygen atoms in total. The summed E-state index contributed by atoms with van der Waals surface area (Å²) in [4.78, 5) is 14.0. The molecular weight excluding hydrogens is 200 g/mol. The van der Waals surface area contributed by atoms with Crippen LogP contribution in [0.15, 0.2) is 18.2 Å². The normalized spacial score (nSPS) is 23.4. The van der Waals surface area contributed by atoms with Crippen molar-refractivity contribution in [2.45, 2.75) is 25.8 Å². The van der Waals surface area contributed by atoms with Crippen molar-refractivity contribution >= 4 is 11.6 Å². The number of nitrogens with one attached hydrogen (secondary N) is 1. The number of carbonyl (C=O) groups excluding carboxylic acids is 1. The number of amides is 1. The Kier molecular flexibility index (Phi) is 2.13. The SMILES string of the molecule is Cc1ccc2c(c1)N1CCNC(=O)C1CC2. The number of fused-ring (bicyclic) bond motifs is 3. The van der Waals surface area contributed by atoms with Gasteiger partial charge in [-0.2, -0.15) is 0 Å². The van der Waals surface area contributed by atoms with Crippen molar-refractivity contribution in [2.75, 3.05) is 18.0 Å². The predicted octanol–water partition coefficient (Wildman–Crippen LogP) is 1.25. The van der Waals surface area contributed by atoms with Crippen LogP contribution < -0.4 is 10.2 Å². The van der Waals surface area contributed by atoms with Gasteiger partial charge in [0.2, 0.25) is 5.91 Å². The molecule has 0 radical (unpaired) electrons. The van der Waals surface area contributed by atoms with Crippen LogP contribution in [-0.2, 0) is 11.2 Å². The first kappa shape index (κ1) is 9.70. The number of rotatable bonds is 0. The second-order valence-electron chi connectivity index (χ2n) is 4.67. The van der Waals surface area contributed by atoms with E-state index in [0.717, 1.165) is 25.9 Å². The van der Waals surface area contributed by atoms with Crippen LogP contribution in [0.1, 0.15) is 17.5 Å². The zero-order valence-corrected chi connectivity index (χ0v) is 9.49. The van der Waals surface area contributed by atoms with Crippen LogP contribution in [0.3, 0.4) is 0 Å². The van der Waals surface area contributed by atoms with Gasteiger partial charge < -0.3 is 10.2 Å². The van der Waals surface area contributed by atoms with Crippen molar-refractivity contribution in [1.29, 1.82) is 0 Å². The number of carbonyl (C=O) groups is 1. The fourth-order valence-corrected chi connectivity index (χ4v) is 2.73. The maximum Gasteiger partial charge on any atom is 0.242 e.